The first kappa shape index (κ1) is 10.0. The zero-order chi connectivity index (χ0) is 8.53. The molecule has 1 aromatic carbocycles. The molecule has 1 N–H and O–H groups in total. The van der Waals surface area contributed by atoms with Gasteiger partial charge in [-0.2, -0.15) is 0 Å². The summed E-state index contributed by atoms with van der Waals surface area (Å²) >= 11 is 0. The first-order valence-corrected chi connectivity index (χ1v) is 4.07. The quantitative estimate of drug-likeness (QED) is 0.650. The highest BCUT2D eigenvalue weighted by Crippen LogP contribution is 2.01. The maximum absolute atomic E-state index is 3.03. The molecule has 0 spiro atoms. The Morgan fingerprint density at radius 1 is 1.09 bits per heavy atom. The molecule has 1 nitrogen and oxygen atoms in total. The number of hydrogen-bond acceptors (Lipinski definition) is 1. The summed E-state index contributed by atoms with van der Waals surface area (Å²) in [6.07, 6.45) is 1.25. The molecule has 0 atom stereocenters. The molecule has 1 rings (SSSR count). The maximum atomic E-state index is 3.03. The summed E-state index contributed by atoms with van der Waals surface area (Å²) in [4.78, 5) is 0. The van der Waals surface area contributed by atoms with Gasteiger partial charge in [0.25, 0.3) is 0 Å². The molecule has 0 bridgehead atoms. The van der Waals surface area contributed by atoms with Crippen molar-refractivity contribution in [2.24, 2.45) is 0 Å². The molecule has 0 saturated heterocycles. The number of benzene rings is 1. The van der Waals surface area contributed by atoms with Gasteiger partial charge in [-0.25, -0.2) is 0 Å². The third-order valence-corrected chi connectivity index (χ3v) is 1.06. The third kappa shape index (κ3) is 5.46. The van der Waals surface area contributed by atoms with E-state index >= 15 is 0 Å². The summed E-state index contributed by atoms with van der Waals surface area (Å²) < 4.78 is 0. The highest BCUT2D eigenvalue weighted by Gasteiger charge is 1.77. The summed E-state index contributed by atoms with van der Waals surface area (Å²) in [5, 5.41) is 3.03. The predicted octanol–water partition coefficient (Wildman–Crippen LogP) is 3.14. The minimum atomic E-state index is 1.16. The summed E-state index contributed by atoms with van der Waals surface area (Å²) in [6.45, 7) is 4.25. The van der Waals surface area contributed by atoms with Crippen LogP contribution >= 0.6 is 0 Å². The Morgan fingerprint density at radius 2 is 1.55 bits per heavy atom. The Balaban J connectivity index is 0.000000292. The summed E-state index contributed by atoms with van der Waals surface area (Å²) in [7, 11) is 1.91. The molecule has 0 amide bonds. The third-order valence-electron chi connectivity index (χ3n) is 1.06. The average molecular weight is 151 g/mol. The van der Waals surface area contributed by atoms with Crippen LogP contribution in [-0.2, 0) is 0 Å². The topological polar surface area (TPSA) is 12.0 Å². The van der Waals surface area contributed by atoms with E-state index in [1.54, 1.807) is 0 Å². The van der Waals surface area contributed by atoms with Crippen molar-refractivity contribution in [1.82, 2.24) is 0 Å². The molecule has 1 heteroatoms. The van der Waals surface area contributed by atoms with Crippen molar-refractivity contribution in [2.75, 3.05) is 12.4 Å². The van der Waals surface area contributed by atoms with Crippen LogP contribution in [0.1, 0.15) is 20.3 Å². The van der Waals surface area contributed by atoms with E-state index in [-0.39, 0.29) is 0 Å². The standard InChI is InChI=1S/C7H9N.C3H8/c1-8-7-5-3-2-4-6-7;1-3-2/h2-6,8H,1H3;3H2,1-2H3. The van der Waals surface area contributed by atoms with Crippen molar-refractivity contribution in [3.63, 3.8) is 0 Å². The summed E-state index contributed by atoms with van der Waals surface area (Å²) in [6, 6.07) is 10.1. The van der Waals surface area contributed by atoms with Crippen LogP contribution in [0.5, 0.6) is 0 Å². The van der Waals surface area contributed by atoms with E-state index in [4.69, 9.17) is 0 Å². The van der Waals surface area contributed by atoms with Gasteiger partial charge in [0, 0.05) is 12.7 Å². The van der Waals surface area contributed by atoms with Crippen molar-refractivity contribution in [1.29, 1.82) is 0 Å². The van der Waals surface area contributed by atoms with E-state index in [9.17, 15) is 0 Å². The maximum Gasteiger partial charge on any atom is 0.0337 e. The Bertz CT molecular complexity index is 158. The van der Waals surface area contributed by atoms with Gasteiger partial charge in [0.1, 0.15) is 0 Å². The van der Waals surface area contributed by atoms with E-state index in [1.165, 1.54) is 6.42 Å². The molecule has 0 saturated carbocycles. The Morgan fingerprint density at radius 3 is 1.82 bits per heavy atom. The van der Waals surface area contributed by atoms with Crippen LogP contribution in [0.4, 0.5) is 5.69 Å². The molecular formula is C10H17N. The van der Waals surface area contributed by atoms with E-state index in [0.29, 0.717) is 0 Å². The second kappa shape index (κ2) is 7.13. The van der Waals surface area contributed by atoms with Gasteiger partial charge in [-0.3, -0.25) is 0 Å². The number of rotatable bonds is 1. The zero-order valence-electron chi connectivity index (χ0n) is 7.59. The van der Waals surface area contributed by atoms with Gasteiger partial charge in [-0.05, 0) is 12.1 Å². The monoisotopic (exact) mass is 151 g/mol. The smallest absolute Gasteiger partial charge is 0.0337 e. The Hall–Kier alpha value is -0.980. The van der Waals surface area contributed by atoms with E-state index in [2.05, 4.69) is 19.2 Å². The van der Waals surface area contributed by atoms with Crippen molar-refractivity contribution >= 4 is 5.69 Å². The molecule has 0 aliphatic heterocycles. The van der Waals surface area contributed by atoms with Crippen molar-refractivity contribution in [3.8, 4) is 0 Å². The van der Waals surface area contributed by atoms with E-state index in [0.717, 1.165) is 5.69 Å². The van der Waals surface area contributed by atoms with Gasteiger partial charge in [0.05, 0.1) is 0 Å². The Labute approximate surface area is 69.4 Å². The van der Waals surface area contributed by atoms with Gasteiger partial charge in [0.2, 0.25) is 0 Å². The first-order valence-electron chi connectivity index (χ1n) is 4.07. The fourth-order valence-corrected chi connectivity index (χ4v) is 0.605. The van der Waals surface area contributed by atoms with Crippen LogP contribution in [-0.4, -0.2) is 7.05 Å². The number of hydrogen-bond donors (Lipinski definition) is 1. The zero-order valence-corrected chi connectivity index (χ0v) is 7.59. The predicted molar refractivity (Wildman–Crippen MR) is 52.0 cm³/mol. The molecular weight excluding hydrogens is 134 g/mol. The minimum Gasteiger partial charge on any atom is -0.388 e. The van der Waals surface area contributed by atoms with Crippen LogP contribution in [0, 0.1) is 0 Å². The molecule has 0 unspecified atom stereocenters. The molecule has 11 heavy (non-hydrogen) atoms. The molecule has 0 heterocycles. The fraction of sp³-hybridized carbons (Fsp3) is 0.400. The lowest BCUT2D eigenvalue weighted by molar-refractivity contribution is 1.09. The largest absolute Gasteiger partial charge is 0.388 e. The van der Waals surface area contributed by atoms with Gasteiger partial charge >= 0.3 is 0 Å². The lowest BCUT2D eigenvalue weighted by Gasteiger charge is -1.94. The highest BCUT2D eigenvalue weighted by atomic mass is 14.8. The van der Waals surface area contributed by atoms with E-state index < -0.39 is 0 Å². The van der Waals surface area contributed by atoms with Crippen LogP contribution in [0.3, 0.4) is 0 Å². The molecule has 0 fully saturated rings. The summed E-state index contributed by atoms with van der Waals surface area (Å²) in [5.74, 6) is 0. The normalized spacial score (nSPS) is 7.91. The second-order valence-electron chi connectivity index (χ2n) is 2.32. The van der Waals surface area contributed by atoms with Gasteiger partial charge in [-0.1, -0.05) is 38.5 Å². The van der Waals surface area contributed by atoms with Crippen LogP contribution in [0.25, 0.3) is 0 Å². The molecule has 0 radical (unpaired) electrons. The molecule has 1 aromatic rings. The number of para-hydroxylation sites is 1. The molecule has 0 aromatic heterocycles. The number of nitrogens with one attached hydrogen (secondary N) is 1. The van der Waals surface area contributed by atoms with Gasteiger partial charge in [-0.15, -0.1) is 0 Å². The SMILES string of the molecule is CCC.CNc1ccccc1. The van der Waals surface area contributed by atoms with E-state index in [1.807, 2.05) is 37.4 Å². The first-order chi connectivity index (χ1) is 5.35. The molecule has 0 aliphatic carbocycles. The van der Waals surface area contributed by atoms with Gasteiger partial charge in [0.15, 0.2) is 0 Å². The lowest BCUT2D eigenvalue weighted by Crippen LogP contribution is -1.84. The Kier molecular flexibility index (Phi) is 6.50. The van der Waals surface area contributed by atoms with Gasteiger partial charge < -0.3 is 5.32 Å². The molecule has 0 aliphatic rings. The fourth-order valence-electron chi connectivity index (χ4n) is 0.605. The van der Waals surface area contributed by atoms with Crippen LogP contribution < -0.4 is 5.32 Å². The number of anilines is 1. The van der Waals surface area contributed by atoms with Crippen LogP contribution in [0.2, 0.25) is 0 Å². The van der Waals surface area contributed by atoms with Crippen molar-refractivity contribution < 1.29 is 0 Å². The second-order valence-corrected chi connectivity index (χ2v) is 2.32. The minimum absolute atomic E-state index is 1.16. The highest BCUT2D eigenvalue weighted by molar-refractivity contribution is 5.41. The summed E-state index contributed by atoms with van der Waals surface area (Å²) in [5.41, 5.74) is 1.16. The molecule has 62 valence electrons. The van der Waals surface area contributed by atoms with Crippen molar-refractivity contribution in [3.05, 3.63) is 30.3 Å². The lowest BCUT2D eigenvalue weighted by atomic mass is 10.3. The van der Waals surface area contributed by atoms with Crippen LogP contribution in [0.15, 0.2) is 30.3 Å². The average Bonchev–Trinajstić information content (AvgIpc) is 2.08. The van der Waals surface area contributed by atoms with Crippen molar-refractivity contribution in [2.45, 2.75) is 20.3 Å².